The summed E-state index contributed by atoms with van der Waals surface area (Å²) in [4.78, 5) is 0. The van der Waals surface area contributed by atoms with Crippen molar-refractivity contribution < 1.29 is 13.2 Å². The van der Waals surface area contributed by atoms with Crippen LogP contribution in [0.4, 0.5) is 0 Å². The average Bonchev–Trinajstić information content (AvgIpc) is 2.16. The Bertz CT molecular complexity index is 292. The van der Waals surface area contributed by atoms with Gasteiger partial charge in [-0.15, -0.1) is 0 Å². The lowest BCUT2D eigenvalue weighted by molar-refractivity contribution is -0.0417. The Labute approximate surface area is 98.7 Å². The highest BCUT2D eigenvalue weighted by Crippen LogP contribution is 2.18. The van der Waals surface area contributed by atoms with Crippen LogP contribution in [0.3, 0.4) is 0 Å². The molecule has 16 heavy (non-hydrogen) atoms. The first kappa shape index (κ1) is 13.9. The molecule has 1 aliphatic rings. The van der Waals surface area contributed by atoms with Crippen LogP contribution >= 0.6 is 0 Å². The molecule has 1 rings (SSSR count). The Morgan fingerprint density at radius 3 is 2.31 bits per heavy atom. The molecule has 1 N–H and O–H groups in total. The summed E-state index contributed by atoms with van der Waals surface area (Å²) in [7, 11) is -2.84. The normalized spacial score (nSPS) is 31.6. The number of hydrogen-bond donors (Lipinski definition) is 1. The van der Waals surface area contributed by atoms with Gasteiger partial charge in [0.2, 0.25) is 0 Å². The van der Waals surface area contributed by atoms with Gasteiger partial charge in [-0.3, -0.25) is 0 Å². The van der Waals surface area contributed by atoms with Crippen molar-refractivity contribution in [3.63, 3.8) is 0 Å². The van der Waals surface area contributed by atoms with Crippen molar-refractivity contribution in [1.82, 2.24) is 5.32 Å². The first-order chi connectivity index (χ1) is 7.43. The Kier molecular flexibility index (Phi) is 5.21. The van der Waals surface area contributed by atoms with Crippen molar-refractivity contribution in [2.45, 2.75) is 51.9 Å². The van der Waals surface area contributed by atoms with Crippen LogP contribution in [0, 0.1) is 0 Å². The van der Waals surface area contributed by atoms with Crippen LogP contribution in [-0.2, 0) is 14.6 Å². The third-order valence-corrected chi connectivity index (χ3v) is 4.69. The lowest BCUT2D eigenvalue weighted by Crippen LogP contribution is -2.42. The van der Waals surface area contributed by atoms with Crippen molar-refractivity contribution in [1.29, 1.82) is 0 Å². The molecule has 0 spiro atoms. The van der Waals surface area contributed by atoms with E-state index in [9.17, 15) is 8.42 Å². The van der Waals surface area contributed by atoms with Gasteiger partial charge in [-0.25, -0.2) is 8.42 Å². The summed E-state index contributed by atoms with van der Waals surface area (Å²) < 4.78 is 28.2. The molecule has 0 saturated carbocycles. The molecule has 1 heterocycles. The summed E-state index contributed by atoms with van der Waals surface area (Å²) in [5.74, 6) is 0.471. The summed E-state index contributed by atoms with van der Waals surface area (Å²) in [6.45, 7) is 6.37. The van der Waals surface area contributed by atoms with E-state index in [0.717, 1.165) is 12.8 Å². The van der Waals surface area contributed by atoms with Crippen LogP contribution in [0.5, 0.6) is 0 Å². The van der Waals surface area contributed by atoms with Gasteiger partial charge in [0, 0.05) is 18.3 Å². The van der Waals surface area contributed by atoms with Gasteiger partial charge in [0.15, 0.2) is 9.84 Å². The molecule has 96 valence electrons. The van der Waals surface area contributed by atoms with Crippen molar-refractivity contribution in [3.05, 3.63) is 0 Å². The van der Waals surface area contributed by atoms with E-state index in [2.05, 4.69) is 19.2 Å². The minimum Gasteiger partial charge on any atom is -0.375 e. The molecule has 0 aromatic rings. The minimum absolute atomic E-state index is 0.231. The Morgan fingerprint density at radius 1 is 1.25 bits per heavy atom. The third kappa shape index (κ3) is 4.80. The van der Waals surface area contributed by atoms with Crippen LogP contribution in [0.1, 0.15) is 33.6 Å². The zero-order valence-corrected chi connectivity index (χ0v) is 11.2. The van der Waals surface area contributed by atoms with Crippen molar-refractivity contribution in [2.75, 3.05) is 18.1 Å². The molecule has 0 aliphatic carbocycles. The van der Waals surface area contributed by atoms with Gasteiger partial charge in [-0.1, -0.05) is 6.92 Å². The Morgan fingerprint density at radius 2 is 1.81 bits per heavy atom. The monoisotopic (exact) mass is 249 g/mol. The van der Waals surface area contributed by atoms with Gasteiger partial charge in [0.1, 0.15) is 0 Å². The molecular formula is C11H23NO3S. The van der Waals surface area contributed by atoms with E-state index < -0.39 is 9.84 Å². The predicted octanol–water partition coefficient (Wildman–Crippen LogP) is 0.967. The molecule has 2 unspecified atom stereocenters. The third-order valence-electron chi connectivity index (χ3n) is 2.98. The zero-order chi connectivity index (χ0) is 12.2. The highest BCUT2D eigenvalue weighted by Gasteiger charge is 2.24. The molecule has 0 amide bonds. The predicted molar refractivity (Wildman–Crippen MR) is 65.4 cm³/mol. The van der Waals surface area contributed by atoms with Gasteiger partial charge in [0.25, 0.3) is 0 Å². The first-order valence-electron chi connectivity index (χ1n) is 6.02. The summed E-state index contributed by atoms with van der Waals surface area (Å²) in [6.07, 6.45) is 2.47. The summed E-state index contributed by atoms with van der Waals surface area (Å²) in [5.41, 5.74) is 0. The number of sulfone groups is 1. The first-order valence-corrected chi connectivity index (χ1v) is 7.84. The van der Waals surface area contributed by atoms with E-state index in [1.54, 1.807) is 6.92 Å². The van der Waals surface area contributed by atoms with E-state index in [1.165, 1.54) is 0 Å². The fourth-order valence-corrected chi connectivity index (χ4v) is 2.85. The standard InChI is InChI=1S/C11H23NO3S/c1-4-16(13,14)6-5-12-11-7-9(2)15-10(3)8-11/h9-12H,4-8H2,1-3H3. The Hall–Kier alpha value is -0.130. The maximum atomic E-state index is 11.3. The van der Waals surface area contributed by atoms with Crippen molar-refractivity contribution in [3.8, 4) is 0 Å². The summed E-state index contributed by atoms with van der Waals surface area (Å²) in [5, 5.41) is 3.31. The molecule has 1 saturated heterocycles. The minimum atomic E-state index is -2.84. The fourth-order valence-electron chi connectivity index (χ4n) is 2.13. The lowest BCUT2D eigenvalue weighted by Gasteiger charge is -2.32. The van der Waals surface area contributed by atoms with E-state index in [0.29, 0.717) is 12.6 Å². The molecule has 1 aliphatic heterocycles. The summed E-state index contributed by atoms with van der Waals surface area (Å²) in [6, 6.07) is 0.394. The molecule has 0 bridgehead atoms. The van der Waals surface area contributed by atoms with Gasteiger partial charge in [0.05, 0.1) is 18.0 Å². The number of rotatable bonds is 5. The van der Waals surface area contributed by atoms with Crippen LogP contribution in [0.15, 0.2) is 0 Å². The van der Waals surface area contributed by atoms with E-state index in [1.807, 2.05) is 0 Å². The molecule has 0 aromatic heterocycles. The Balaban J connectivity index is 2.27. The largest absolute Gasteiger partial charge is 0.375 e. The number of nitrogens with one attached hydrogen (secondary N) is 1. The van der Waals surface area contributed by atoms with Gasteiger partial charge in [-0.2, -0.15) is 0 Å². The van der Waals surface area contributed by atoms with Crippen LogP contribution in [0.2, 0.25) is 0 Å². The molecule has 4 nitrogen and oxygen atoms in total. The zero-order valence-electron chi connectivity index (χ0n) is 10.4. The number of hydrogen-bond acceptors (Lipinski definition) is 4. The smallest absolute Gasteiger partial charge is 0.151 e. The quantitative estimate of drug-likeness (QED) is 0.789. The second kappa shape index (κ2) is 5.98. The lowest BCUT2D eigenvalue weighted by atomic mass is 10.00. The second-order valence-corrected chi connectivity index (χ2v) is 7.09. The number of ether oxygens (including phenoxy) is 1. The SMILES string of the molecule is CCS(=O)(=O)CCNC1CC(C)OC(C)C1. The fraction of sp³-hybridized carbons (Fsp3) is 1.00. The van der Waals surface area contributed by atoms with Gasteiger partial charge >= 0.3 is 0 Å². The van der Waals surface area contributed by atoms with E-state index in [-0.39, 0.29) is 23.7 Å². The molecule has 0 aromatic carbocycles. The van der Waals surface area contributed by atoms with Crippen LogP contribution in [0.25, 0.3) is 0 Å². The topological polar surface area (TPSA) is 55.4 Å². The van der Waals surface area contributed by atoms with Crippen molar-refractivity contribution in [2.24, 2.45) is 0 Å². The molecule has 5 heteroatoms. The molecule has 0 radical (unpaired) electrons. The average molecular weight is 249 g/mol. The maximum absolute atomic E-state index is 11.3. The molecule has 2 atom stereocenters. The second-order valence-electron chi connectivity index (χ2n) is 4.62. The summed E-state index contributed by atoms with van der Waals surface area (Å²) >= 11 is 0. The van der Waals surface area contributed by atoms with Gasteiger partial charge in [-0.05, 0) is 26.7 Å². The van der Waals surface area contributed by atoms with Crippen LogP contribution < -0.4 is 5.32 Å². The highest BCUT2D eigenvalue weighted by molar-refractivity contribution is 7.91. The van der Waals surface area contributed by atoms with Crippen molar-refractivity contribution >= 4 is 9.84 Å². The maximum Gasteiger partial charge on any atom is 0.151 e. The van der Waals surface area contributed by atoms with E-state index >= 15 is 0 Å². The molecular weight excluding hydrogens is 226 g/mol. The molecule has 1 fully saturated rings. The van der Waals surface area contributed by atoms with Gasteiger partial charge < -0.3 is 10.1 Å². The van der Waals surface area contributed by atoms with Crippen LogP contribution in [-0.4, -0.2) is 44.7 Å². The highest BCUT2D eigenvalue weighted by atomic mass is 32.2. The van der Waals surface area contributed by atoms with E-state index in [4.69, 9.17) is 4.74 Å².